The number of imidazole rings is 1. The first-order valence-electron chi connectivity index (χ1n) is 14.6. The van der Waals surface area contributed by atoms with Gasteiger partial charge in [0.15, 0.2) is 28.3 Å². The molecule has 17 nitrogen and oxygen atoms in total. The Morgan fingerprint density at radius 3 is 2.36 bits per heavy atom. The zero-order valence-corrected chi connectivity index (χ0v) is 30.5. The number of nitrogens with zero attached hydrogens (tertiary/aromatic N) is 5. The molecule has 0 aromatic carbocycles. The van der Waals surface area contributed by atoms with Crippen molar-refractivity contribution in [2.75, 3.05) is 43.9 Å². The van der Waals surface area contributed by atoms with Gasteiger partial charge in [0.1, 0.15) is 29.9 Å². The van der Waals surface area contributed by atoms with E-state index < -0.39 is 59.3 Å². The van der Waals surface area contributed by atoms with Crippen LogP contribution >= 0.6 is 19.6 Å². The SMILES string of the molecule is CN(NS(C)(=O)=O)c1ncnc2c1ncn2[C@@H]1O[C@H](COP(=O)(OCCSC(=O)C(C)(C)C)OCCC(=O)C(C)(C)C)[C@@H](O)[C@@]1(C)O. The molecule has 0 saturated carbocycles. The molecule has 2 aromatic heterocycles. The van der Waals surface area contributed by atoms with Crippen LogP contribution in [0.5, 0.6) is 0 Å². The molecule has 20 heteroatoms. The van der Waals surface area contributed by atoms with Crippen molar-refractivity contribution in [3.05, 3.63) is 12.7 Å². The quantitative estimate of drug-likeness (QED) is 0.136. The number of Topliss-reactive ketones (excluding diaryl/α,β-unsaturated/α-hetero) is 1. The van der Waals surface area contributed by atoms with Crippen LogP contribution in [0.1, 0.15) is 61.1 Å². The normalized spacial score (nSPS) is 23.6. The summed E-state index contributed by atoms with van der Waals surface area (Å²) in [6.45, 7) is 10.9. The number of nitrogens with one attached hydrogen (secondary N) is 1. The third kappa shape index (κ3) is 10.2. The number of carbonyl (C=O) groups is 2. The molecule has 0 spiro atoms. The van der Waals surface area contributed by atoms with E-state index >= 15 is 0 Å². The maximum absolute atomic E-state index is 13.6. The van der Waals surface area contributed by atoms with E-state index in [-0.39, 0.29) is 53.3 Å². The molecule has 5 atom stereocenters. The lowest BCUT2D eigenvalue weighted by molar-refractivity contribution is -0.126. The molecule has 47 heavy (non-hydrogen) atoms. The minimum atomic E-state index is -4.35. The second kappa shape index (κ2) is 14.8. The third-order valence-corrected chi connectivity index (χ3v) is 10.3. The van der Waals surface area contributed by atoms with Gasteiger partial charge in [0.05, 0.1) is 32.4 Å². The fraction of sp³-hybridized carbons (Fsp3) is 0.741. The number of hydrazine groups is 1. The molecular weight excluding hydrogens is 679 g/mol. The molecule has 1 unspecified atom stereocenters. The zero-order chi connectivity index (χ0) is 35.6. The molecule has 1 aliphatic heterocycles. The monoisotopic (exact) mass is 724 g/mol. The van der Waals surface area contributed by atoms with E-state index in [0.717, 1.165) is 23.0 Å². The highest BCUT2D eigenvalue weighted by Crippen LogP contribution is 2.51. The maximum atomic E-state index is 13.6. The van der Waals surface area contributed by atoms with Crippen LogP contribution in [0, 0.1) is 10.8 Å². The molecule has 1 saturated heterocycles. The summed E-state index contributed by atoms with van der Waals surface area (Å²) in [4.78, 5) is 39.5. The van der Waals surface area contributed by atoms with Crippen molar-refractivity contribution in [3.63, 3.8) is 0 Å². The standard InChI is InChI=1S/C27H45N6O11PS2/c1-25(2,3)18(34)10-11-41-45(38,42-12-13-46-24(36)26(4,5)6)43-14-17-20(35)27(7,37)23(44-17)33-16-30-19-21(28-15-29-22(19)33)32(8)31-47(9,39)40/h15-17,20,23,31,35,37H,10-14H2,1-9H3/t17-,20-,23-,27-,45?/m1/s1. The first-order valence-corrected chi connectivity index (χ1v) is 19.0. The summed E-state index contributed by atoms with van der Waals surface area (Å²) in [6.07, 6.45) is -0.748. The molecule has 1 aliphatic rings. The maximum Gasteiger partial charge on any atom is 0.474 e. The van der Waals surface area contributed by atoms with Gasteiger partial charge in [-0.3, -0.25) is 32.7 Å². The van der Waals surface area contributed by atoms with E-state index in [1.54, 1.807) is 41.5 Å². The number of aliphatic hydroxyl groups excluding tert-OH is 1. The Labute approximate surface area is 278 Å². The topological polar surface area (TPSA) is 222 Å². The molecule has 3 rings (SSSR count). The molecule has 0 bridgehead atoms. The number of phosphoric acid groups is 1. The van der Waals surface area contributed by atoms with Gasteiger partial charge in [-0.05, 0) is 6.92 Å². The van der Waals surface area contributed by atoms with Crippen LogP contribution in [0.15, 0.2) is 12.7 Å². The number of hydrogen-bond donors (Lipinski definition) is 3. The van der Waals surface area contributed by atoms with Crippen LogP contribution in [-0.4, -0.2) is 106 Å². The van der Waals surface area contributed by atoms with E-state index in [2.05, 4.69) is 19.8 Å². The van der Waals surface area contributed by atoms with Crippen molar-refractivity contribution in [1.29, 1.82) is 0 Å². The predicted molar refractivity (Wildman–Crippen MR) is 174 cm³/mol. The number of ether oxygens (including phenoxy) is 1. The van der Waals surface area contributed by atoms with E-state index in [1.165, 1.54) is 31.2 Å². The Morgan fingerprint density at radius 1 is 1.13 bits per heavy atom. The van der Waals surface area contributed by atoms with Crippen molar-refractivity contribution < 1.29 is 51.1 Å². The van der Waals surface area contributed by atoms with Crippen molar-refractivity contribution >= 4 is 57.5 Å². The highest BCUT2D eigenvalue weighted by atomic mass is 32.2. The molecule has 3 heterocycles. The van der Waals surface area contributed by atoms with E-state index in [1.807, 2.05) is 0 Å². The van der Waals surface area contributed by atoms with Gasteiger partial charge in [0.25, 0.3) is 0 Å². The number of rotatable bonds is 15. The Kier molecular flexibility index (Phi) is 12.4. The van der Waals surface area contributed by atoms with Crippen LogP contribution < -0.4 is 9.84 Å². The number of fused-ring (bicyclic) bond motifs is 1. The van der Waals surface area contributed by atoms with Crippen molar-refractivity contribution in [2.45, 2.75) is 78.9 Å². The van der Waals surface area contributed by atoms with Crippen molar-refractivity contribution in [1.82, 2.24) is 24.4 Å². The van der Waals surface area contributed by atoms with Gasteiger partial charge in [-0.25, -0.2) is 27.9 Å². The first-order chi connectivity index (χ1) is 21.5. The Hall–Kier alpha value is -2.06. The number of hydrogen-bond acceptors (Lipinski definition) is 16. The van der Waals surface area contributed by atoms with Gasteiger partial charge >= 0.3 is 7.82 Å². The summed E-state index contributed by atoms with van der Waals surface area (Å²) in [5.41, 5.74) is -2.87. The van der Waals surface area contributed by atoms with Crippen LogP contribution in [0.25, 0.3) is 11.2 Å². The second-order valence-electron chi connectivity index (χ2n) is 13.4. The van der Waals surface area contributed by atoms with Crippen LogP contribution in [-0.2, 0) is 42.5 Å². The van der Waals surface area contributed by atoms with Gasteiger partial charge < -0.3 is 14.9 Å². The lowest BCUT2D eigenvalue weighted by Crippen LogP contribution is -2.44. The minimum Gasteiger partial charge on any atom is -0.387 e. The first kappa shape index (κ1) is 39.4. The van der Waals surface area contributed by atoms with Gasteiger partial charge in [0, 0.05) is 30.1 Å². The molecule has 0 amide bonds. The molecule has 266 valence electrons. The largest absolute Gasteiger partial charge is 0.474 e. The Morgan fingerprint density at radius 2 is 1.77 bits per heavy atom. The van der Waals surface area contributed by atoms with Crippen LogP contribution in [0.3, 0.4) is 0 Å². The molecule has 1 fully saturated rings. The second-order valence-corrected chi connectivity index (χ2v) is 17.8. The number of thioether (sulfide) groups is 1. The van der Waals surface area contributed by atoms with Gasteiger partial charge in [-0.2, -0.15) is 0 Å². The highest BCUT2D eigenvalue weighted by molar-refractivity contribution is 8.13. The number of aliphatic hydroxyl groups is 2. The number of ketones is 1. The van der Waals surface area contributed by atoms with Crippen LogP contribution in [0.2, 0.25) is 0 Å². The average Bonchev–Trinajstić information content (AvgIpc) is 3.45. The zero-order valence-electron chi connectivity index (χ0n) is 28.0. The number of aromatic nitrogens is 4. The average molecular weight is 725 g/mol. The van der Waals surface area contributed by atoms with E-state index in [4.69, 9.17) is 18.3 Å². The molecule has 3 N–H and O–H groups in total. The number of anilines is 1. The minimum absolute atomic E-state index is 0.0662. The highest BCUT2D eigenvalue weighted by Gasteiger charge is 2.54. The molecule has 0 radical (unpaired) electrons. The Balaban J connectivity index is 1.77. The summed E-state index contributed by atoms with van der Waals surface area (Å²) in [5.74, 6) is 0.126. The van der Waals surface area contributed by atoms with E-state index in [0.29, 0.717) is 0 Å². The third-order valence-electron chi connectivity index (χ3n) is 6.96. The Bertz CT molecular complexity index is 1590. The lowest BCUT2D eigenvalue weighted by Gasteiger charge is -2.27. The summed E-state index contributed by atoms with van der Waals surface area (Å²) in [6, 6.07) is 0. The summed E-state index contributed by atoms with van der Waals surface area (Å²) >= 11 is 1.00. The van der Waals surface area contributed by atoms with Gasteiger partial charge in [0.2, 0.25) is 10.0 Å². The fourth-order valence-electron chi connectivity index (χ4n) is 4.33. The van der Waals surface area contributed by atoms with Crippen molar-refractivity contribution in [2.24, 2.45) is 10.8 Å². The van der Waals surface area contributed by atoms with Crippen molar-refractivity contribution in [3.8, 4) is 0 Å². The number of phosphoric ester groups is 1. The predicted octanol–water partition coefficient (Wildman–Crippen LogP) is 2.21. The molecule has 0 aliphatic carbocycles. The number of sulfonamides is 1. The molecular formula is C27H45N6O11PS2. The fourth-order valence-corrected chi connectivity index (χ4v) is 7.00. The van der Waals surface area contributed by atoms with Crippen LogP contribution in [0.4, 0.5) is 5.82 Å². The van der Waals surface area contributed by atoms with Gasteiger partial charge in [-0.1, -0.05) is 53.3 Å². The summed E-state index contributed by atoms with van der Waals surface area (Å²) in [7, 11) is -6.58. The number of carbonyl (C=O) groups excluding carboxylic acids is 2. The molecule has 2 aromatic rings. The lowest BCUT2D eigenvalue weighted by atomic mass is 9.89. The van der Waals surface area contributed by atoms with Gasteiger partial charge in [-0.15, -0.1) is 4.83 Å². The van der Waals surface area contributed by atoms with E-state index in [9.17, 15) is 32.8 Å². The summed E-state index contributed by atoms with van der Waals surface area (Å²) in [5, 5.41) is 23.4. The smallest absolute Gasteiger partial charge is 0.387 e. The summed E-state index contributed by atoms with van der Waals surface area (Å²) < 4.78 is 60.9.